The summed E-state index contributed by atoms with van der Waals surface area (Å²) >= 11 is 0. The molecule has 1 aromatic heterocycles. The van der Waals surface area contributed by atoms with E-state index in [1.807, 2.05) is 6.07 Å². The van der Waals surface area contributed by atoms with Crippen molar-refractivity contribution in [3.63, 3.8) is 0 Å². The topological polar surface area (TPSA) is 7.12 Å². The second-order valence-electron chi connectivity index (χ2n) is 6.14. The number of pyridine rings is 1. The Bertz CT molecular complexity index is 911. The minimum absolute atomic E-state index is 0. The van der Waals surface area contributed by atoms with Crippen molar-refractivity contribution in [1.82, 2.24) is 0 Å². The van der Waals surface area contributed by atoms with Crippen LogP contribution in [-0.4, -0.2) is 14.1 Å². The van der Waals surface area contributed by atoms with Gasteiger partial charge in [0.15, 0.2) is 6.20 Å². The molecular weight excluding hydrogens is 419 g/mol. The lowest BCUT2D eigenvalue weighted by Gasteiger charge is -2.13. The van der Waals surface area contributed by atoms with Crippen molar-refractivity contribution in [2.24, 2.45) is 7.05 Å². The molecule has 0 aliphatic heterocycles. The van der Waals surface area contributed by atoms with E-state index in [1.54, 1.807) is 0 Å². The van der Waals surface area contributed by atoms with Gasteiger partial charge in [-0.15, -0.1) is 0 Å². The van der Waals surface area contributed by atoms with E-state index in [9.17, 15) is 0 Å². The van der Waals surface area contributed by atoms with Gasteiger partial charge in [-0.1, -0.05) is 36.4 Å². The Morgan fingerprint density at radius 1 is 0.840 bits per heavy atom. The van der Waals surface area contributed by atoms with Gasteiger partial charge >= 0.3 is 0 Å². The largest absolute Gasteiger partial charge is 1.00 e. The molecule has 0 unspecified atom stereocenters. The van der Waals surface area contributed by atoms with Crippen LogP contribution in [-0.2, 0) is 7.05 Å². The van der Waals surface area contributed by atoms with Gasteiger partial charge in [0.1, 0.15) is 7.05 Å². The Morgan fingerprint density at radius 3 is 2.32 bits per heavy atom. The van der Waals surface area contributed by atoms with Gasteiger partial charge in [0.2, 0.25) is 5.69 Å². The van der Waals surface area contributed by atoms with Gasteiger partial charge in [-0.2, -0.15) is 0 Å². The standard InChI is InChI=1S/C22H23N2.HI/c1-23(2)22-14-13-19-16-18(11-12-20(19)17-22)8-4-5-9-21-10-6-7-15-24(21)3;/h4-17H,1-3H3;1H/q+1;/p-1. The van der Waals surface area contributed by atoms with E-state index in [0.29, 0.717) is 0 Å². The first-order valence-electron chi connectivity index (χ1n) is 8.14. The fraction of sp³-hybridized carbons (Fsp3) is 0.136. The summed E-state index contributed by atoms with van der Waals surface area (Å²) in [6.07, 6.45) is 10.5. The summed E-state index contributed by atoms with van der Waals surface area (Å²) in [5, 5.41) is 2.53. The molecule has 0 atom stereocenters. The van der Waals surface area contributed by atoms with Gasteiger partial charge in [0, 0.05) is 38.0 Å². The molecule has 0 N–H and O–H groups in total. The van der Waals surface area contributed by atoms with Gasteiger partial charge < -0.3 is 28.9 Å². The quantitative estimate of drug-likeness (QED) is 0.337. The molecule has 0 fully saturated rings. The highest BCUT2D eigenvalue weighted by atomic mass is 127. The van der Waals surface area contributed by atoms with Gasteiger partial charge in [-0.05, 0) is 40.6 Å². The molecule has 2 nitrogen and oxygen atoms in total. The molecule has 3 aromatic rings. The van der Waals surface area contributed by atoms with Crippen LogP contribution in [0, 0.1) is 0 Å². The lowest BCUT2D eigenvalue weighted by Crippen LogP contribution is -3.00. The molecule has 2 aromatic carbocycles. The molecule has 25 heavy (non-hydrogen) atoms. The van der Waals surface area contributed by atoms with Crippen molar-refractivity contribution in [3.05, 3.63) is 84.2 Å². The van der Waals surface area contributed by atoms with E-state index in [-0.39, 0.29) is 24.0 Å². The molecule has 128 valence electrons. The van der Waals surface area contributed by atoms with Gasteiger partial charge in [-0.25, -0.2) is 4.57 Å². The highest BCUT2D eigenvalue weighted by Gasteiger charge is 1.99. The van der Waals surface area contributed by atoms with Crippen LogP contribution in [0.25, 0.3) is 22.9 Å². The first-order chi connectivity index (χ1) is 11.6. The molecule has 0 spiro atoms. The van der Waals surface area contributed by atoms with Crippen LogP contribution in [0.4, 0.5) is 5.69 Å². The maximum Gasteiger partial charge on any atom is 0.204 e. The number of allylic oxidation sites excluding steroid dienone is 2. The SMILES string of the molecule is CN(C)c1ccc2cc(/C=C/C=C/c3cccc[n+]3C)ccc2c1.[I-]. The van der Waals surface area contributed by atoms with Crippen molar-refractivity contribution < 1.29 is 28.5 Å². The maximum absolute atomic E-state index is 2.22. The number of fused-ring (bicyclic) bond motifs is 1. The number of anilines is 1. The van der Waals surface area contributed by atoms with Crippen molar-refractivity contribution >= 4 is 28.6 Å². The van der Waals surface area contributed by atoms with Gasteiger partial charge in [0.25, 0.3) is 0 Å². The molecule has 0 saturated carbocycles. The average molecular weight is 442 g/mol. The van der Waals surface area contributed by atoms with Gasteiger partial charge in [0.05, 0.1) is 0 Å². The minimum Gasteiger partial charge on any atom is -1.00 e. The van der Waals surface area contributed by atoms with E-state index >= 15 is 0 Å². The zero-order valence-corrected chi connectivity index (χ0v) is 17.0. The Balaban J connectivity index is 0.00000225. The Labute approximate surface area is 167 Å². The van der Waals surface area contributed by atoms with Crippen LogP contribution < -0.4 is 33.4 Å². The van der Waals surface area contributed by atoms with E-state index < -0.39 is 0 Å². The molecule has 3 heteroatoms. The fourth-order valence-corrected chi connectivity index (χ4v) is 2.66. The van der Waals surface area contributed by atoms with Crippen LogP contribution in [0.1, 0.15) is 11.3 Å². The molecule has 0 amide bonds. The molecule has 0 aliphatic carbocycles. The zero-order valence-electron chi connectivity index (χ0n) is 14.9. The van der Waals surface area contributed by atoms with Crippen molar-refractivity contribution in [1.29, 1.82) is 0 Å². The van der Waals surface area contributed by atoms with Gasteiger partial charge in [-0.3, -0.25) is 0 Å². The van der Waals surface area contributed by atoms with Crippen molar-refractivity contribution in [2.45, 2.75) is 0 Å². The Morgan fingerprint density at radius 2 is 1.56 bits per heavy atom. The highest BCUT2D eigenvalue weighted by Crippen LogP contribution is 2.22. The van der Waals surface area contributed by atoms with E-state index in [2.05, 4.69) is 110 Å². The lowest BCUT2D eigenvalue weighted by molar-refractivity contribution is -0.673. The third-order valence-electron chi connectivity index (χ3n) is 4.13. The smallest absolute Gasteiger partial charge is 0.204 e. The molecule has 0 saturated heterocycles. The van der Waals surface area contributed by atoms with Crippen molar-refractivity contribution in [3.8, 4) is 0 Å². The summed E-state index contributed by atoms with van der Waals surface area (Å²) in [6, 6.07) is 19.3. The molecule has 3 rings (SSSR count). The first-order valence-corrected chi connectivity index (χ1v) is 8.14. The second kappa shape index (κ2) is 8.81. The molecule has 0 bridgehead atoms. The number of nitrogens with zero attached hydrogens (tertiary/aromatic N) is 2. The molecular formula is C22H23IN2. The number of halogens is 1. The molecule has 0 aliphatic rings. The van der Waals surface area contributed by atoms with E-state index in [1.165, 1.54) is 27.7 Å². The zero-order chi connectivity index (χ0) is 16.9. The predicted molar refractivity (Wildman–Crippen MR) is 104 cm³/mol. The minimum atomic E-state index is 0. The highest BCUT2D eigenvalue weighted by molar-refractivity contribution is 5.87. The maximum atomic E-state index is 2.22. The summed E-state index contributed by atoms with van der Waals surface area (Å²) in [4.78, 5) is 2.13. The summed E-state index contributed by atoms with van der Waals surface area (Å²) in [7, 11) is 6.18. The molecule has 1 heterocycles. The van der Waals surface area contributed by atoms with Crippen LogP contribution in [0.15, 0.2) is 72.9 Å². The van der Waals surface area contributed by atoms with Crippen LogP contribution in [0.5, 0.6) is 0 Å². The van der Waals surface area contributed by atoms with E-state index in [4.69, 9.17) is 0 Å². The van der Waals surface area contributed by atoms with Crippen LogP contribution in [0.3, 0.4) is 0 Å². The summed E-state index contributed by atoms with van der Waals surface area (Å²) in [6.45, 7) is 0. The monoisotopic (exact) mass is 442 g/mol. The number of benzene rings is 2. The van der Waals surface area contributed by atoms with Crippen LogP contribution in [0.2, 0.25) is 0 Å². The van der Waals surface area contributed by atoms with Crippen LogP contribution >= 0.6 is 0 Å². The Hall–Kier alpha value is -2.14. The third kappa shape index (κ3) is 4.92. The number of aromatic nitrogens is 1. The average Bonchev–Trinajstić information content (AvgIpc) is 2.59. The predicted octanol–water partition coefficient (Wildman–Crippen LogP) is 1.46. The normalized spacial score (nSPS) is 11.2. The first kappa shape index (κ1) is 19.2. The van der Waals surface area contributed by atoms with E-state index in [0.717, 1.165) is 0 Å². The number of aryl methyl sites for hydroxylation is 1. The number of rotatable bonds is 4. The molecule has 0 radical (unpaired) electrons. The summed E-state index contributed by atoms with van der Waals surface area (Å²) in [5.41, 5.74) is 3.61. The van der Waals surface area contributed by atoms with Crippen molar-refractivity contribution in [2.75, 3.05) is 19.0 Å². The lowest BCUT2D eigenvalue weighted by atomic mass is 10.1. The summed E-state index contributed by atoms with van der Waals surface area (Å²) in [5.74, 6) is 0. The number of hydrogen-bond donors (Lipinski definition) is 0. The Kier molecular flexibility index (Phi) is 6.76. The number of hydrogen-bond acceptors (Lipinski definition) is 1. The second-order valence-corrected chi connectivity index (χ2v) is 6.14. The fourth-order valence-electron chi connectivity index (χ4n) is 2.66. The summed E-state index contributed by atoms with van der Waals surface area (Å²) < 4.78 is 2.10. The third-order valence-corrected chi connectivity index (χ3v) is 4.13.